The van der Waals surface area contributed by atoms with Crippen LogP contribution in [0.4, 0.5) is 0 Å². The molecular formula is C16H19CuLiNO2. The molecule has 0 aromatic heterocycles. The summed E-state index contributed by atoms with van der Waals surface area (Å²) in [5, 5.41) is 17.8. The van der Waals surface area contributed by atoms with Crippen LogP contribution in [0.15, 0.2) is 42.0 Å². The monoisotopic (exact) mass is 327 g/mol. The molecule has 0 spiro atoms. The molecule has 0 saturated carbocycles. The second kappa shape index (κ2) is 12.7. The molecule has 1 aromatic carbocycles. The summed E-state index contributed by atoms with van der Waals surface area (Å²) in [4.78, 5) is 0. The van der Waals surface area contributed by atoms with Crippen molar-refractivity contribution in [2.45, 2.75) is 27.7 Å². The van der Waals surface area contributed by atoms with Crippen molar-refractivity contribution in [3.05, 3.63) is 54.1 Å². The van der Waals surface area contributed by atoms with Gasteiger partial charge in [0.05, 0.1) is 5.95 Å². The van der Waals surface area contributed by atoms with Crippen LogP contribution < -0.4 is 5.11 Å². The predicted molar refractivity (Wildman–Crippen MR) is 78.7 cm³/mol. The Labute approximate surface area is 150 Å². The van der Waals surface area contributed by atoms with E-state index in [1.165, 1.54) is 0 Å². The zero-order valence-electron chi connectivity index (χ0n) is 13.2. The van der Waals surface area contributed by atoms with Crippen LogP contribution in [-0.2, 0) is 21.8 Å². The van der Waals surface area contributed by atoms with Crippen LogP contribution in [0.5, 0.6) is 0 Å². The van der Waals surface area contributed by atoms with Crippen LogP contribution >= 0.6 is 0 Å². The van der Waals surface area contributed by atoms with Crippen molar-refractivity contribution in [3.8, 4) is 0 Å². The molecule has 0 N–H and O–H groups in total. The number of nitrogens with zero attached hydrogens (tertiary/aromatic N) is 1. The minimum atomic E-state index is -0.402. The van der Waals surface area contributed by atoms with Crippen molar-refractivity contribution in [2.24, 2.45) is 5.41 Å². The van der Waals surface area contributed by atoms with Gasteiger partial charge in [0.25, 0.3) is 0 Å². The van der Waals surface area contributed by atoms with E-state index in [0.29, 0.717) is 6.61 Å². The maximum atomic E-state index is 11.5. The summed E-state index contributed by atoms with van der Waals surface area (Å²) in [5.41, 5.74) is 4.56. The molecule has 112 valence electrons. The summed E-state index contributed by atoms with van der Waals surface area (Å²) in [7, 11) is 0. The first-order valence-electron chi connectivity index (χ1n) is 6.04. The third-order valence-electron chi connectivity index (χ3n) is 2.31. The first-order valence-corrected chi connectivity index (χ1v) is 6.04. The van der Waals surface area contributed by atoms with E-state index in [1.807, 2.05) is 30.3 Å². The Balaban J connectivity index is -0.000000774. The molecular weight excluding hydrogens is 309 g/mol. The fraction of sp³-hybridized carbons (Fsp3) is 0.375. The van der Waals surface area contributed by atoms with Crippen molar-refractivity contribution in [2.75, 3.05) is 6.61 Å². The molecule has 1 rings (SSSR count). The van der Waals surface area contributed by atoms with Crippen molar-refractivity contribution in [1.29, 1.82) is 5.26 Å². The molecule has 0 amide bonds. The first kappa shape index (κ1) is 24.9. The van der Waals surface area contributed by atoms with Crippen molar-refractivity contribution in [3.63, 3.8) is 0 Å². The molecule has 0 saturated heterocycles. The second-order valence-electron chi connectivity index (χ2n) is 4.84. The quantitative estimate of drug-likeness (QED) is 0.371. The van der Waals surface area contributed by atoms with Gasteiger partial charge >= 0.3 is 17.1 Å². The van der Waals surface area contributed by atoms with Gasteiger partial charge < -0.3 is 21.7 Å². The third kappa shape index (κ3) is 9.49. The molecule has 3 nitrogen and oxygen atoms in total. The van der Waals surface area contributed by atoms with Gasteiger partial charge in [0.2, 0.25) is 0 Å². The van der Waals surface area contributed by atoms with Crippen molar-refractivity contribution >= 4 is 24.4 Å². The summed E-state index contributed by atoms with van der Waals surface area (Å²) in [6.45, 7) is 13.1. The minimum absolute atomic E-state index is 0. The van der Waals surface area contributed by atoms with Gasteiger partial charge in [-0.05, 0) is 17.6 Å². The van der Waals surface area contributed by atoms with Gasteiger partial charge in [-0.1, -0.05) is 63.8 Å². The predicted octanol–water partition coefficient (Wildman–Crippen LogP) is 2.67. The van der Waals surface area contributed by atoms with Crippen molar-refractivity contribution < 1.29 is 26.9 Å². The zero-order valence-corrected chi connectivity index (χ0v) is 14.1. The molecule has 0 fully saturated rings. The van der Waals surface area contributed by atoms with E-state index in [9.17, 15) is 5.11 Å². The molecule has 0 aliphatic rings. The van der Waals surface area contributed by atoms with Gasteiger partial charge in [-0.2, -0.15) is 0 Å². The van der Waals surface area contributed by atoms with Gasteiger partial charge in [-0.15, -0.1) is 0 Å². The van der Waals surface area contributed by atoms with E-state index in [-0.39, 0.29) is 41.3 Å². The van der Waals surface area contributed by atoms with E-state index in [1.54, 1.807) is 6.92 Å². The smallest absolute Gasteiger partial charge is 0.608 e. The third-order valence-corrected chi connectivity index (χ3v) is 2.31. The van der Waals surface area contributed by atoms with Crippen LogP contribution in [0.3, 0.4) is 0 Å². The van der Waals surface area contributed by atoms with Crippen molar-refractivity contribution in [1.82, 2.24) is 0 Å². The summed E-state index contributed by atoms with van der Waals surface area (Å²) >= 11 is 0. The number of allylic oxidation sites excluding steroid dienone is 1. The van der Waals surface area contributed by atoms with Crippen LogP contribution in [0.2, 0.25) is 0 Å². The molecule has 0 aliphatic carbocycles. The molecule has 0 bridgehead atoms. The van der Waals surface area contributed by atoms with Crippen LogP contribution in [-0.4, -0.2) is 25.5 Å². The van der Waals surface area contributed by atoms with E-state index in [0.717, 1.165) is 11.1 Å². The van der Waals surface area contributed by atoms with Gasteiger partial charge in [0, 0.05) is 24.4 Å². The number of hydrogen-bond acceptors (Lipinski definition) is 3. The number of hydrogen-bond donors (Lipinski definition) is 0. The summed E-state index contributed by atoms with van der Waals surface area (Å²) in [5.74, 6) is -0.402. The molecule has 5 heteroatoms. The Bertz CT molecular complexity index is 472. The number of ether oxygens (including phenoxy) is 1. The average Bonchev–Trinajstić information content (AvgIpc) is 2.38. The van der Waals surface area contributed by atoms with Gasteiger partial charge in [0.1, 0.15) is 0 Å². The molecule has 21 heavy (non-hydrogen) atoms. The van der Waals surface area contributed by atoms with E-state index in [4.69, 9.17) is 16.6 Å². The summed E-state index contributed by atoms with van der Waals surface area (Å²) in [6, 6.07) is 9.82. The largest absolute Gasteiger partial charge is 2.00 e. The molecule has 0 aliphatic heterocycles. The Morgan fingerprint density at radius 3 is 2.10 bits per heavy atom. The Morgan fingerprint density at radius 2 is 1.71 bits per heavy atom. The fourth-order valence-electron chi connectivity index (χ4n) is 1.57. The Kier molecular flexibility index (Phi) is 15.0. The number of rotatable bonds is 3. The second-order valence-corrected chi connectivity index (χ2v) is 4.84. The van der Waals surface area contributed by atoms with Crippen LogP contribution in [0.1, 0.15) is 33.3 Å². The SMILES string of the molecule is CCOC([O-])=C=C(c1ccccc1)C(C)(C)C.[C-]#N.[Cu+2].[Li]. The maximum Gasteiger partial charge on any atom is 2.00 e. The minimum Gasteiger partial charge on any atom is -0.608 e. The van der Waals surface area contributed by atoms with Gasteiger partial charge in [-0.25, -0.2) is 0 Å². The maximum absolute atomic E-state index is 11.5. The topological polar surface area (TPSA) is 56.1 Å². The average molecular weight is 328 g/mol. The van der Waals surface area contributed by atoms with Gasteiger partial charge in [-0.3, -0.25) is 0 Å². The normalized spacial score (nSPS) is 8.67. The molecule has 2 radical (unpaired) electrons. The van der Waals surface area contributed by atoms with E-state index in [2.05, 4.69) is 26.5 Å². The molecule has 0 atom stereocenters. The fourth-order valence-corrected chi connectivity index (χ4v) is 1.57. The zero-order chi connectivity index (χ0) is 14.9. The van der Waals surface area contributed by atoms with E-state index >= 15 is 0 Å². The molecule has 0 heterocycles. The van der Waals surface area contributed by atoms with E-state index < -0.39 is 5.95 Å². The first-order chi connectivity index (χ1) is 8.95. The Hall–Kier alpha value is -1.05. The van der Waals surface area contributed by atoms with Crippen LogP contribution in [0, 0.1) is 17.2 Å². The van der Waals surface area contributed by atoms with Crippen LogP contribution in [0.25, 0.3) is 5.57 Å². The van der Waals surface area contributed by atoms with Gasteiger partial charge in [0.15, 0.2) is 0 Å². The molecule has 0 unspecified atom stereocenters. The molecule has 1 aromatic rings. The number of benzene rings is 1. The summed E-state index contributed by atoms with van der Waals surface area (Å²) < 4.78 is 4.92. The Morgan fingerprint density at radius 1 is 1.24 bits per heavy atom. The standard InChI is InChI=1S/C15H20O2.CN.Cu.Li/c1-5-17-14(16)11-13(15(2,3)4)12-9-7-6-8-10-12;1-2;;/h6-10,16H,5H2,1-4H3;;;/q;-1;+2;/p-1. The summed E-state index contributed by atoms with van der Waals surface area (Å²) in [6.07, 6.45) is 0.